The van der Waals surface area contributed by atoms with Crippen molar-refractivity contribution >= 4 is 39.8 Å². The maximum absolute atomic E-state index is 13.7. The van der Waals surface area contributed by atoms with Crippen molar-refractivity contribution in [2.45, 2.75) is 32.4 Å². The molecule has 6 nitrogen and oxygen atoms in total. The zero-order valence-corrected chi connectivity index (χ0v) is 20.6. The van der Waals surface area contributed by atoms with Crippen molar-refractivity contribution in [3.63, 3.8) is 0 Å². The molecule has 0 aliphatic rings. The zero-order chi connectivity index (χ0) is 21.3. The quantitative estimate of drug-likeness (QED) is 0.285. The summed E-state index contributed by atoms with van der Waals surface area (Å²) in [6.45, 7) is 3.94. The highest BCUT2D eigenvalue weighted by Crippen LogP contribution is 2.14. The van der Waals surface area contributed by atoms with Gasteiger partial charge >= 0.3 is 0 Å². The average molecular weight is 549 g/mol. The number of sulfone groups is 1. The minimum Gasteiger partial charge on any atom is -0.377 e. The number of benzene rings is 2. The maximum atomic E-state index is 13.7. The first kappa shape index (κ1) is 26.3. The minimum absolute atomic E-state index is 0. The van der Waals surface area contributed by atoms with E-state index in [1.807, 2.05) is 31.2 Å². The van der Waals surface area contributed by atoms with E-state index < -0.39 is 15.7 Å². The Morgan fingerprint density at radius 2 is 1.67 bits per heavy atom. The van der Waals surface area contributed by atoms with Crippen LogP contribution >= 0.6 is 24.0 Å². The SMILES string of the molecule is CCOCc1ccccc1CNC(=NC)NCc1cc(F)ccc1CS(C)(=O)=O.I. The van der Waals surface area contributed by atoms with Crippen molar-refractivity contribution in [2.75, 3.05) is 19.9 Å². The van der Waals surface area contributed by atoms with Crippen LogP contribution in [0.25, 0.3) is 0 Å². The number of hydrogen-bond acceptors (Lipinski definition) is 4. The van der Waals surface area contributed by atoms with Gasteiger partial charge in [-0.25, -0.2) is 12.8 Å². The second-order valence-electron chi connectivity index (χ2n) is 6.67. The highest BCUT2D eigenvalue weighted by molar-refractivity contribution is 14.0. The lowest BCUT2D eigenvalue weighted by atomic mass is 10.1. The summed E-state index contributed by atoms with van der Waals surface area (Å²) in [6, 6.07) is 12.1. The Morgan fingerprint density at radius 1 is 1.03 bits per heavy atom. The second-order valence-corrected chi connectivity index (χ2v) is 8.81. The van der Waals surface area contributed by atoms with Gasteiger partial charge in [0.25, 0.3) is 0 Å². The minimum atomic E-state index is -3.22. The summed E-state index contributed by atoms with van der Waals surface area (Å²) in [5.41, 5.74) is 3.33. The fraction of sp³-hybridized carbons (Fsp3) is 0.381. The number of nitrogens with zero attached hydrogens (tertiary/aromatic N) is 1. The van der Waals surface area contributed by atoms with Crippen molar-refractivity contribution in [1.29, 1.82) is 0 Å². The van der Waals surface area contributed by atoms with Gasteiger partial charge in [0.05, 0.1) is 12.4 Å². The fourth-order valence-electron chi connectivity index (χ4n) is 2.84. The Bertz CT molecular complexity index is 952. The Hall–Kier alpha value is -1.72. The maximum Gasteiger partial charge on any atom is 0.191 e. The molecule has 2 aromatic carbocycles. The van der Waals surface area contributed by atoms with Gasteiger partial charge in [0.2, 0.25) is 0 Å². The smallest absolute Gasteiger partial charge is 0.191 e. The molecule has 0 bridgehead atoms. The molecule has 0 aliphatic carbocycles. The molecule has 0 atom stereocenters. The molecule has 2 N–H and O–H groups in total. The third-order valence-corrected chi connectivity index (χ3v) is 5.12. The predicted octanol–water partition coefficient (Wildman–Crippen LogP) is 3.39. The molecule has 9 heteroatoms. The lowest BCUT2D eigenvalue weighted by Crippen LogP contribution is -2.36. The molecule has 0 saturated heterocycles. The second kappa shape index (κ2) is 12.9. The summed E-state index contributed by atoms with van der Waals surface area (Å²) in [4.78, 5) is 4.19. The van der Waals surface area contributed by atoms with E-state index in [-0.39, 0.29) is 36.3 Å². The first-order valence-electron chi connectivity index (χ1n) is 9.36. The average Bonchev–Trinajstić information content (AvgIpc) is 2.68. The van der Waals surface area contributed by atoms with Crippen molar-refractivity contribution < 1.29 is 17.5 Å². The number of hydrogen-bond donors (Lipinski definition) is 2. The molecule has 2 rings (SSSR count). The summed E-state index contributed by atoms with van der Waals surface area (Å²) in [5.74, 6) is -0.0150. The largest absolute Gasteiger partial charge is 0.377 e. The van der Waals surface area contributed by atoms with Gasteiger partial charge in [0.15, 0.2) is 15.8 Å². The van der Waals surface area contributed by atoms with Gasteiger partial charge in [-0.05, 0) is 41.3 Å². The van der Waals surface area contributed by atoms with Gasteiger partial charge in [0, 0.05) is 33.0 Å². The van der Waals surface area contributed by atoms with Crippen LogP contribution in [0.2, 0.25) is 0 Å². The van der Waals surface area contributed by atoms with Crippen molar-refractivity contribution in [3.05, 3.63) is 70.5 Å². The van der Waals surface area contributed by atoms with E-state index in [4.69, 9.17) is 4.74 Å². The van der Waals surface area contributed by atoms with E-state index in [0.717, 1.165) is 17.4 Å². The van der Waals surface area contributed by atoms with Gasteiger partial charge in [-0.2, -0.15) is 0 Å². The van der Waals surface area contributed by atoms with Crippen LogP contribution in [0.3, 0.4) is 0 Å². The molecular formula is C21H29FIN3O3S. The number of rotatable bonds is 9. The van der Waals surface area contributed by atoms with Gasteiger partial charge in [-0.3, -0.25) is 4.99 Å². The van der Waals surface area contributed by atoms with Gasteiger partial charge < -0.3 is 15.4 Å². The van der Waals surface area contributed by atoms with Crippen LogP contribution in [0.1, 0.15) is 29.2 Å². The predicted molar refractivity (Wildman–Crippen MR) is 129 cm³/mol. The van der Waals surface area contributed by atoms with Gasteiger partial charge in [0.1, 0.15) is 5.82 Å². The van der Waals surface area contributed by atoms with E-state index in [0.29, 0.717) is 36.8 Å². The highest BCUT2D eigenvalue weighted by Gasteiger charge is 2.11. The first-order chi connectivity index (χ1) is 13.8. The Labute approximate surface area is 195 Å². The highest BCUT2D eigenvalue weighted by atomic mass is 127. The summed E-state index contributed by atoms with van der Waals surface area (Å²) >= 11 is 0. The standard InChI is InChI=1S/C21H28FN3O3S.HI/c1-4-28-14-17-8-6-5-7-16(17)12-24-21(23-2)25-13-19-11-20(22)10-9-18(19)15-29(3,26)27;/h5-11H,4,12-15H2,1-3H3,(H2,23,24,25);1H. The molecule has 166 valence electrons. The van der Waals surface area contributed by atoms with Crippen LogP contribution in [0.15, 0.2) is 47.5 Å². The summed E-state index contributed by atoms with van der Waals surface area (Å²) < 4.78 is 42.4. The zero-order valence-electron chi connectivity index (χ0n) is 17.4. The fourth-order valence-corrected chi connectivity index (χ4v) is 3.69. The molecule has 30 heavy (non-hydrogen) atoms. The molecule has 0 radical (unpaired) electrons. The molecule has 0 aliphatic heterocycles. The molecule has 0 aromatic heterocycles. The van der Waals surface area contributed by atoms with Gasteiger partial charge in [-0.15, -0.1) is 24.0 Å². The van der Waals surface area contributed by atoms with E-state index in [2.05, 4.69) is 15.6 Å². The van der Waals surface area contributed by atoms with E-state index in [1.54, 1.807) is 7.05 Å². The normalized spacial score (nSPS) is 11.7. The van der Waals surface area contributed by atoms with Crippen LogP contribution in [0.5, 0.6) is 0 Å². The Balaban J connectivity index is 0.00000450. The first-order valence-corrected chi connectivity index (χ1v) is 11.4. The number of guanidine groups is 1. The van der Waals surface area contributed by atoms with Crippen LogP contribution < -0.4 is 10.6 Å². The molecule has 0 fully saturated rings. The molecule has 0 heterocycles. The van der Waals surface area contributed by atoms with Crippen LogP contribution in [0, 0.1) is 5.82 Å². The molecule has 0 saturated carbocycles. The molecule has 2 aromatic rings. The third kappa shape index (κ3) is 8.97. The summed E-state index contributed by atoms with van der Waals surface area (Å²) in [5, 5.41) is 6.34. The van der Waals surface area contributed by atoms with Gasteiger partial charge in [-0.1, -0.05) is 30.3 Å². The number of halogens is 2. The van der Waals surface area contributed by atoms with Crippen LogP contribution in [0.4, 0.5) is 4.39 Å². The topological polar surface area (TPSA) is 79.8 Å². The Morgan fingerprint density at radius 3 is 2.27 bits per heavy atom. The summed E-state index contributed by atoms with van der Waals surface area (Å²) in [7, 11) is -1.58. The van der Waals surface area contributed by atoms with Crippen molar-refractivity contribution in [3.8, 4) is 0 Å². The Kier molecular flexibility index (Phi) is 11.3. The summed E-state index contributed by atoms with van der Waals surface area (Å²) in [6.07, 6.45) is 1.16. The van der Waals surface area contributed by atoms with E-state index in [9.17, 15) is 12.8 Å². The van der Waals surface area contributed by atoms with Crippen LogP contribution in [-0.4, -0.2) is 34.3 Å². The monoisotopic (exact) mass is 549 g/mol. The number of ether oxygens (including phenoxy) is 1. The van der Waals surface area contributed by atoms with Crippen molar-refractivity contribution in [2.24, 2.45) is 4.99 Å². The molecular weight excluding hydrogens is 520 g/mol. The van der Waals surface area contributed by atoms with Crippen LogP contribution in [-0.2, 0) is 40.0 Å². The van der Waals surface area contributed by atoms with E-state index >= 15 is 0 Å². The van der Waals surface area contributed by atoms with Crippen molar-refractivity contribution in [1.82, 2.24) is 10.6 Å². The lowest BCUT2D eigenvalue weighted by molar-refractivity contribution is 0.133. The lowest BCUT2D eigenvalue weighted by Gasteiger charge is -2.16. The molecule has 0 spiro atoms. The molecule has 0 amide bonds. The number of aliphatic imine (C=N–C) groups is 1. The number of nitrogens with one attached hydrogen (secondary N) is 2. The third-order valence-electron chi connectivity index (χ3n) is 4.28. The van der Waals surface area contributed by atoms with E-state index in [1.165, 1.54) is 18.2 Å². The molecule has 0 unspecified atom stereocenters.